The Morgan fingerprint density at radius 1 is 0.655 bits per heavy atom. The second kappa shape index (κ2) is 7.76. The van der Waals surface area contributed by atoms with E-state index in [2.05, 4.69) is 113 Å². The Hall–Kier alpha value is -3.04. The lowest BCUT2D eigenvalue weighted by Gasteiger charge is -2.40. The van der Waals surface area contributed by atoms with Gasteiger partial charge in [-0.2, -0.15) is 0 Å². The molecule has 5 rings (SSSR count). The molecule has 4 aromatic rings. The third kappa shape index (κ3) is 3.43. The Labute approximate surface area is 172 Å². The molecule has 0 radical (unpaired) electrons. The van der Waals surface area contributed by atoms with Gasteiger partial charge in [-0.05, 0) is 17.2 Å². The highest BCUT2D eigenvalue weighted by atomic mass is 15.3. The van der Waals surface area contributed by atoms with E-state index in [1.54, 1.807) is 0 Å². The van der Waals surface area contributed by atoms with Crippen LogP contribution in [0.15, 0.2) is 91.1 Å². The minimum Gasteiger partial charge on any atom is -0.367 e. The molecule has 3 nitrogen and oxygen atoms in total. The summed E-state index contributed by atoms with van der Waals surface area (Å²) in [5.41, 5.74) is 5.41. The van der Waals surface area contributed by atoms with Crippen molar-refractivity contribution in [2.24, 2.45) is 7.05 Å². The fourth-order valence-electron chi connectivity index (χ4n) is 4.68. The van der Waals surface area contributed by atoms with Gasteiger partial charge in [0.15, 0.2) is 0 Å². The number of benzene rings is 3. The highest BCUT2D eigenvalue weighted by Crippen LogP contribution is 2.33. The highest BCUT2D eigenvalue weighted by molar-refractivity contribution is 5.93. The van der Waals surface area contributed by atoms with Crippen molar-refractivity contribution in [2.45, 2.75) is 6.04 Å². The van der Waals surface area contributed by atoms with Gasteiger partial charge in [-0.1, -0.05) is 78.9 Å². The van der Waals surface area contributed by atoms with Crippen LogP contribution in [0.2, 0.25) is 0 Å². The predicted octanol–water partition coefficient (Wildman–Crippen LogP) is 5.09. The third-order valence-corrected chi connectivity index (χ3v) is 6.13. The van der Waals surface area contributed by atoms with Crippen molar-refractivity contribution in [2.75, 3.05) is 31.1 Å². The van der Waals surface area contributed by atoms with Gasteiger partial charge in [-0.25, -0.2) is 0 Å². The number of anilines is 1. The van der Waals surface area contributed by atoms with Crippen LogP contribution in [-0.2, 0) is 7.05 Å². The number of hydrogen-bond donors (Lipinski definition) is 0. The first-order valence-electron chi connectivity index (χ1n) is 10.4. The monoisotopic (exact) mass is 381 g/mol. The molecule has 1 saturated heterocycles. The van der Waals surface area contributed by atoms with Gasteiger partial charge < -0.3 is 9.47 Å². The molecule has 3 heteroatoms. The predicted molar refractivity (Wildman–Crippen MR) is 121 cm³/mol. The van der Waals surface area contributed by atoms with E-state index < -0.39 is 0 Å². The van der Waals surface area contributed by atoms with Crippen LogP contribution in [-0.4, -0.2) is 35.6 Å². The van der Waals surface area contributed by atoms with Crippen LogP contribution < -0.4 is 4.90 Å². The summed E-state index contributed by atoms with van der Waals surface area (Å²) >= 11 is 0. The van der Waals surface area contributed by atoms with E-state index in [0.717, 1.165) is 26.2 Å². The van der Waals surface area contributed by atoms with Gasteiger partial charge in [0.25, 0.3) is 0 Å². The largest absolute Gasteiger partial charge is 0.367 e. The Morgan fingerprint density at radius 2 is 1.21 bits per heavy atom. The number of aryl methyl sites for hydroxylation is 1. The Morgan fingerprint density at radius 3 is 1.83 bits per heavy atom. The maximum Gasteiger partial charge on any atom is 0.0626 e. The van der Waals surface area contributed by atoms with E-state index in [0.29, 0.717) is 6.04 Å². The van der Waals surface area contributed by atoms with Crippen LogP contribution in [0.4, 0.5) is 5.69 Å². The molecular formula is C26H27N3. The van der Waals surface area contributed by atoms with Crippen molar-refractivity contribution in [1.29, 1.82) is 0 Å². The molecule has 3 aromatic carbocycles. The van der Waals surface area contributed by atoms with Gasteiger partial charge in [-0.3, -0.25) is 4.90 Å². The fraction of sp³-hybridized carbons (Fsp3) is 0.231. The van der Waals surface area contributed by atoms with Gasteiger partial charge in [0, 0.05) is 50.3 Å². The first kappa shape index (κ1) is 18.0. The van der Waals surface area contributed by atoms with Crippen molar-refractivity contribution in [3.05, 3.63) is 102 Å². The lowest BCUT2D eigenvalue weighted by atomic mass is 9.96. The van der Waals surface area contributed by atoms with Crippen LogP contribution in [0.5, 0.6) is 0 Å². The topological polar surface area (TPSA) is 11.4 Å². The number of rotatable bonds is 4. The lowest BCUT2D eigenvalue weighted by molar-refractivity contribution is 0.212. The molecule has 29 heavy (non-hydrogen) atoms. The van der Waals surface area contributed by atoms with Crippen molar-refractivity contribution >= 4 is 16.6 Å². The van der Waals surface area contributed by atoms with Crippen LogP contribution in [0.25, 0.3) is 10.9 Å². The summed E-state index contributed by atoms with van der Waals surface area (Å²) in [4.78, 5) is 5.18. The van der Waals surface area contributed by atoms with Crippen LogP contribution in [0.3, 0.4) is 0 Å². The molecule has 0 spiro atoms. The van der Waals surface area contributed by atoms with Crippen molar-refractivity contribution < 1.29 is 0 Å². The summed E-state index contributed by atoms with van der Waals surface area (Å²) in [6.07, 6.45) is 2.28. The van der Waals surface area contributed by atoms with Crippen LogP contribution in [0, 0.1) is 0 Å². The Kier molecular flexibility index (Phi) is 4.82. The van der Waals surface area contributed by atoms with E-state index in [9.17, 15) is 0 Å². The minimum atomic E-state index is 0.312. The number of piperazine rings is 1. The molecule has 0 saturated carbocycles. The van der Waals surface area contributed by atoms with E-state index in [4.69, 9.17) is 0 Å². The number of nitrogens with zero attached hydrogens (tertiary/aromatic N) is 3. The molecule has 2 heterocycles. The van der Waals surface area contributed by atoms with Crippen LogP contribution in [0.1, 0.15) is 17.2 Å². The molecule has 146 valence electrons. The number of aromatic nitrogens is 1. The Bertz CT molecular complexity index is 1040. The average Bonchev–Trinajstić information content (AvgIpc) is 3.13. The normalized spacial score (nSPS) is 15.3. The zero-order valence-corrected chi connectivity index (χ0v) is 16.9. The summed E-state index contributed by atoms with van der Waals surface area (Å²) in [5, 5.41) is 1.35. The van der Waals surface area contributed by atoms with E-state index >= 15 is 0 Å². The molecule has 1 fully saturated rings. The summed E-state index contributed by atoms with van der Waals surface area (Å²) in [7, 11) is 2.14. The van der Waals surface area contributed by atoms with Gasteiger partial charge in [0.2, 0.25) is 0 Å². The number of para-hydroxylation sites is 1. The third-order valence-electron chi connectivity index (χ3n) is 6.13. The molecule has 1 aliphatic heterocycles. The zero-order valence-electron chi connectivity index (χ0n) is 16.9. The summed E-state index contributed by atoms with van der Waals surface area (Å²) in [6.45, 7) is 4.20. The van der Waals surface area contributed by atoms with Crippen LogP contribution >= 0.6 is 0 Å². The maximum atomic E-state index is 2.63. The van der Waals surface area contributed by atoms with Crippen molar-refractivity contribution in [3.8, 4) is 0 Å². The molecule has 0 bridgehead atoms. The maximum absolute atomic E-state index is 2.63. The van der Waals surface area contributed by atoms with E-state index in [-0.39, 0.29) is 0 Å². The zero-order chi connectivity index (χ0) is 19.6. The molecule has 0 unspecified atom stereocenters. The van der Waals surface area contributed by atoms with Gasteiger partial charge in [0.05, 0.1) is 11.7 Å². The summed E-state index contributed by atoms with van der Waals surface area (Å²) < 4.78 is 2.24. The first-order valence-corrected chi connectivity index (χ1v) is 10.4. The first-order chi connectivity index (χ1) is 14.3. The highest BCUT2D eigenvalue weighted by Gasteiger charge is 2.27. The fourth-order valence-corrected chi connectivity index (χ4v) is 4.68. The standard InChI is InChI=1S/C26H27N3/c1-27-20-25(23-14-8-9-15-24(23)27)28-16-18-29(19-17-28)26(21-10-4-2-5-11-21)22-12-6-3-7-13-22/h2-15,20,26H,16-19H2,1H3. The average molecular weight is 382 g/mol. The number of fused-ring (bicyclic) bond motifs is 1. The number of hydrogen-bond acceptors (Lipinski definition) is 2. The summed E-state index contributed by atoms with van der Waals surface area (Å²) in [6, 6.07) is 30.9. The summed E-state index contributed by atoms with van der Waals surface area (Å²) in [5.74, 6) is 0. The minimum absolute atomic E-state index is 0.312. The Balaban J connectivity index is 1.41. The molecule has 1 aliphatic rings. The molecule has 0 atom stereocenters. The smallest absolute Gasteiger partial charge is 0.0626 e. The van der Waals surface area contributed by atoms with Gasteiger partial charge >= 0.3 is 0 Å². The van der Waals surface area contributed by atoms with Crippen molar-refractivity contribution in [1.82, 2.24) is 9.47 Å². The molecular weight excluding hydrogens is 354 g/mol. The van der Waals surface area contributed by atoms with E-state index in [1.165, 1.54) is 27.7 Å². The second-order valence-electron chi connectivity index (χ2n) is 7.89. The quantitative estimate of drug-likeness (QED) is 0.488. The molecule has 0 aliphatic carbocycles. The SMILES string of the molecule is Cn1cc(N2CCN(C(c3ccccc3)c3ccccc3)CC2)c2ccccc21. The van der Waals surface area contributed by atoms with Gasteiger partial charge in [0.1, 0.15) is 0 Å². The van der Waals surface area contributed by atoms with E-state index in [1.807, 2.05) is 0 Å². The lowest BCUT2D eigenvalue weighted by Crippen LogP contribution is -2.47. The van der Waals surface area contributed by atoms with Crippen molar-refractivity contribution in [3.63, 3.8) is 0 Å². The van der Waals surface area contributed by atoms with Gasteiger partial charge in [-0.15, -0.1) is 0 Å². The molecule has 1 aromatic heterocycles. The second-order valence-corrected chi connectivity index (χ2v) is 7.89. The molecule has 0 amide bonds. The molecule has 0 N–H and O–H groups in total.